The third-order valence-electron chi connectivity index (χ3n) is 3.00. The smallest absolute Gasteiger partial charge is 0.157 e. The van der Waals surface area contributed by atoms with Crippen LogP contribution >= 0.6 is 22.7 Å². The molecule has 0 aromatic carbocycles. The van der Waals surface area contributed by atoms with Crippen molar-refractivity contribution in [3.05, 3.63) is 22.0 Å². The number of aryl methyl sites for hydroxylation is 2. The van der Waals surface area contributed by atoms with Gasteiger partial charge in [-0.05, 0) is 44.9 Å². The largest absolute Gasteiger partial charge is 0.314 e. The Bertz CT molecular complexity index is 514. The van der Waals surface area contributed by atoms with Crippen LogP contribution < -0.4 is 5.32 Å². The number of nitrogens with zero attached hydrogens (tertiary/aromatic N) is 2. The second-order valence-corrected chi connectivity index (χ2v) is 7.09. The Balaban J connectivity index is 1.52. The molecule has 0 saturated heterocycles. The molecule has 96 valence electrons. The number of hydrogen-bond donors (Lipinski definition) is 1. The SMILES string of the molecule is Cc1ccc(-c2nnc(CCCNC3CC3)s2)s1. The van der Waals surface area contributed by atoms with Crippen LogP contribution in [0.2, 0.25) is 0 Å². The molecule has 1 fully saturated rings. The second kappa shape index (κ2) is 5.47. The Labute approximate surface area is 115 Å². The molecule has 0 bridgehead atoms. The van der Waals surface area contributed by atoms with Crippen LogP contribution in [-0.4, -0.2) is 22.8 Å². The van der Waals surface area contributed by atoms with Crippen LogP contribution in [0.15, 0.2) is 12.1 Å². The van der Waals surface area contributed by atoms with Gasteiger partial charge in [0.15, 0.2) is 5.01 Å². The number of rotatable bonds is 6. The minimum atomic E-state index is 0.809. The van der Waals surface area contributed by atoms with E-state index < -0.39 is 0 Å². The first-order valence-corrected chi connectivity index (χ1v) is 8.07. The predicted molar refractivity (Wildman–Crippen MR) is 77.3 cm³/mol. The van der Waals surface area contributed by atoms with Gasteiger partial charge in [-0.25, -0.2) is 0 Å². The summed E-state index contributed by atoms with van der Waals surface area (Å²) in [7, 11) is 0. The fourth-order valence-corrected chi connectivity index (χ4v) is 3.64. The average Bonchev–Trinajstić information content (AvgIpc) is 2.88. The molecule has 1 N–H and O–H groups in total. The Morgan fingerprint density at radius 1 is 1.28 bits per heavy atom. The van der Waals surface area contributed by atoms with Crippen LogP contribution in [0.1, 0.15) is 29.1 Å². The molecule has 0 amide bonds. The van der Waals surface area contributed by atoms with Gasteiger partial charge in [-0.2, -0.15) is 0 Å². The molecule has 0 spiro atoms. The zero-order valence-electron chi connectivity index (χ0n) is 10.5. The highest BCUT2D eigenvalue weighted by atomic mass is 32.1. The fourth-order valence-electron chi connectivity index (χ4n) is 1.84. The third kappa shape index (κ3) is 3.16. The number of thiophene rings is 1. The van der Waals surface area contributed by atoms with E-state index in [1.54, 1.807) is 22.7 Å². The maximum absolute atomic E-state index is 4.28. The van der Waals surface area contributed by atoms with Gasteiger partial charge < -0.3 is 5.32 Å². The van der Waals surface area contributed by atoms with Gasteiger partial charge in [0.2, 0.25) is 0 Å². The maximum Gasteiger partial charge on any atom is 0.157 e. The van der Waals surface area contributed by atoms with E-state index in [1.165, 1.54) is 22.6 Å². The second-order valence-electron chi connectivity index (χ2n) is 4.74. The standard InChI is InChI=1S/C13H17N3S2/c1-9-4-7-11(17-9)13-16-15-12(18-13)3-2-8-14-10-5-6-10/h4,7,10,14H,2-3,5-6,8H2,1H3. The molecule has 0 radical (unpaired) electrons. The van der Waals surface area contributed by atoms with Gasteiger partial charge in [0.1, 0.15) is 5.01 Å². The highest BCUT2D eigenvalue weighted by Crippen LogP contribution is 2.30. The molecule has 2 aromatic rings. The van der Waals surface area contributed by atoms with Crippen molar-refractivity contribution in [1.29, 1.82) is 0 Å². The molecule has 3 rings (SSSR count). The Morgan fingerprint density at radius 2 is 2.17 bits per heavy atom. The van der Waals surface area contributed by atoms with E-state index in [9.17, 15) is 0 Å². The van der Waals surface area contributed by atoms with Crippen LogP contribution in [0, 0.1) is 6.92 Å². The van der Waals surface area contributed by atoms with Gasteiger partial charge in [0, 0.05) is 17.3 Å². The van der Waals surface area contributed by atoms with E-state index in [0.717, 1.165) is 35.4 Å². The van der Waals surface area contributed by atoms with Crippen LogP contribution in [0.4, 0.5) is 0 Å². The zero-order chi connectivity index (χ0) is 12.4. The molecular formula is C13H17N3S2. The fraction of sp³-hybridized carbons (Fsp3) is 0.538. The van der Waals surface area contributed by atoms with Gasteiger partial charge in [0.05, 0.1) is 4.88 Å². The lowest BCUT2D eigenvalue weighted by Gasteiger charge is -1.99. The summed E-state index contributed by atoms with van der Waals surface area (Å²) >= 11 is 3.52. The van der Waals surface area contributed by atoms with E-state index in [4.69, 9.17) is 0 Å². The van der Waals surface area contributed by atoms with Crippen molar-refractivity contribution in [1.82, 2.24) is 15.5 Å². The van der Waals surface area contributed by atoms with Crippen molar-refractivity contribution < 1.29 is 0 Å². The van der Waals surface area contributed by atoms with Crippen molar-refractivity contribution in [2.75, 3.05) is 6.54 Å². The number of nitrogens with one attached hydrogen (secondary N) is 1. The van der Waals surface area contributed by atoms with Crippen LogP contribution in [0.25, 0.3) is 9.88 Å². The Hall–Kier alpha value is -0.780. The van der Waals surface area contributed by atoms with Crippen molar-refractivity contribution >= 4 is 22.7 Å². The zero-order valence-corrected chi connectivity index (χ0v) is 12.1. The highest BCUT2D eigenvalue weighted by Gasteiger charge is 2.19. The normalized spacial score (nSPS) is 15.2. The first-order chi connectivity index (χ1) is 8.81. The van der Waals surface area contributed by atoms with Crippen molar-refractivity contribution in [2.24, 2.45) is 0 Å². The van der Waals surface area contributed by atoms with E-state index in [0.29, 0.717) is 0 Å². The highest BCUT2D eigenvalue weighted by molar-refractivity contribution is 7.21. The molecule has 0 aliphatic heterocycles. The lowest BCUT2D eigenvalue weighted by atomic mass is 10.3. The van der Waals surface area contributed by atoms with E-state index in [-0.39, 0.29) is 0 Å². The van der Waals surface area contributed by atoms with Gasteiger partial charge in [-0.15, -0.1) is 21.5 Å². The van der Waals surface area contributed by atoms with E-state index in [1.807, 2.05) is 0 Å². The molecule has 5 heteroatoms. The summed E-state index contributed by atoms with van der Waals surface area (Å²) in [6.07, 6.45) is 4.93. The average molecular weight is 279 g/mol. The molecule has 18 heavy (non-hydrogen) atoms. The van der Waals surface area contributed by atoms with Gasteiger partial charge in [-0.3, -0.25) is 0 Å². The molecule has 2 heterocycles. The molecule has 0 atom stereocenters. The molecule has 2 aromatic heterocycles. The minimum Gasteiger partial charge on any atom is -0.314 e. The van der Waals surface area contributed by atoms with Crippen LogP contribution in [-0.2, 0) is 6.42 Å². The molecular weight excluding hydrogens is 262 g/mol. The van der Waals surface area contributed by atoms with Crippen LogP contribution in [0.3, 0.4) is 0 Å². The molecule has 0 unspecified atom stereocenters. The molecule has 1 aliphatic rings. The quantitative estimate of drug-likeness (QED) is 0.825. The Morgan fingerprint density at radius 3 is 2.89 bits per heavy atom. The Kier molecular flexibility index (Phi) is 3.72. The van der Waals surface area contributed by atoms with Gasteiger partial charge >= 0.3 is 0 Å². The number of aromatic nitrogens is 2. The van der Waals surface area contributed by atoms with Crippen molar-refractivity contribution in [2.45, 2.75) is 38.6 Å². The summed E-state index contributed by atoms with van der Waals surface area (Å²) in [4.78, 5) is 2.57. The third-order valence-corrected chi connectivity index (χ3v) is 5.15. The summed E-state index contributed by atoms with van der Waals surface area (Å²) in [5.74, 6) is 0. The van der Waals surface area contributed by atoms with Crippen LogP contribution in [0.5, 0.6) is 0 Å². The lowest BCUT2D eigenvalue weighted by Crippen LogP contribution is -2.17. The first-order valence-electron chi connectivity index (χ1n) is 6.44. The van der Waals surface area contributed by atoms with E-state index in [2.05, 4.69) is 34.6 Å². The summed E-state index contributed by atoms with van der Waals surface area (Å²) in [5, 5.41) is 14.3. The molecule has 1 aliphatic carbocycles. The predicted octanol–water partition coefficient (Wildman–Crippen LogP) is 3.26. The summed E-state index contributed by atoms with van der Waals surface area (Å²) < 4.78 is 0. The summed E-state index contributed by atoms with van der Waals surface area (Å²) in [6, 6.07) is 5.09. The first kappa shape index (κ1) is 12.3. The van der Waals surface area contributed by atoms with Gasteiger partial charge in [0.25, 0.3) is 0 Å². The monoisotopic (exact) mass is 279 g/mol. The van der Waals surface area contributed by atoms with Crippen molar-refractivity contribution in [3.8, 4) is 9.88 Å². The number of hydrogen-bond acceptors (Lipinski definition) is 5. The van der Waals surface area contributed by atoms with Gasteiger partial charge in [-0.1, -0.05) is 11.3 Å². The maximum atomic E-state index is 4.28. The summed E-state index contributed by atoms with van der Waals surface area (Å²) in [5.41, 5.74) is 0. The summed E-state index contributed by atoms with van der Waals surface area (Å²) in [6.45, 7) is 3.23. The molecule has 3 nitrogen and oxygen atoms in total. The van der Waals surface area contributed by atoms with E-state index >= 15 is 0 Å². The topological polar surface area (TPSA) is 37.8 Å². The van der Waals surface area contributed by atoms with Crippen molar-refractivity contribution in [3.63, 3.8) is 0 Å². The lowest BCUT2D eigenvalue weighted by molar-refractivity contribution is 0.643. The molecule has 1 saturated carbocycles. The minimum absolute atomic E-state index is 0.809.